The molecule has 2 N–H and O–H groups in total. The fraction of sp³-hybridized carbons (Fsp3) is 0.545. The molecule has 1 aromatic rings. The van der Waals surface area contributed by atoms with Crippen molar-refractivity contribution >= 4 is 5.82 Å². The SMILES string of the molecule is CC1(C)CN(c2cc(CN)ccn2)C1. The van der Waals surface area contributed by atoms with Gasteiger partial charge in [0, 0.05) is 25.8 Å². The summed E-state index contributed by atoms with van der Waals surface area (Å²) in [5.74, 6) is 1.06. The largest absolute Gasteiger partial charge is 0.355 e. The first-order valence-corrected chi connectivity index (χ1v) is 5.01. The lowest BCUT2D eigenvalue weighted by molar-refractivity contribution is 0.274. The maximum absolute atomic E-state index is 5.59. The van der Waals surface area contributed by atoms with E-state index >= 15 is 0 Å². The number of anilines is 1. The Morgan fingerprint density at radius 1 is 1.50 bits per heavy atom. The van der Waals surface area contributed by atoms with E-state index in [2.05, 4.69) is 29.8 Å². The molecule has 1 saturated heterocycles. The molecule has 1 aliphatic heterocycles. The van der Waals surface area contributed by atoms with Gasteiger partial charge in [-0.15, -0.1) is 0 Å². The highest BCUT2D eigenvalue weighted by Crippen LogP contribution is 2.32. The van der Waals surface area contributed by atoms with Gasteiger partial charge in [0.05, 0.1) is 0 Å². The highest BCUT2D eigenvalue weighted by atomic mass is 15.2. The second-order valence-corrected chi connectivity index (χ2v) is 4.75. The van der Waals surface area contributed by atoms with Crippen LogP contribution in [0.5, 0.6) is 0 Å². The molecular weight excluding hydrogens is 174 g/mol. The Balaban J connectivity index is 2.11. The van der Waals surface area contributed by atoms with E-state index in [1.54, 1.807) is 0 Å². The van der Waals surface area contributed by atoms with Crippen LogP contribution < -0.4 is 10.6 Å². The minimum atomic E-state index is 0.445. The Morgan fingerprint density at radius 2 is 2.21 bits per heavy atom. The van der Waals surface area contributed by atoms with Crippen LogP contribution in [0.15, 0.2) is 18.3 Å². The fourth-order valence-electron chi connectivity index (χ4n) is 1.91. The summed E-state index contributed by atoms with van der Waals surface area (Å²) in [5.41, 5.74) is 7.18. The van der Waals surface area contributed by atoms with Gasteiger partial charge in [0.1, 0.15) is 5.82 Å². The Morgan fingerprint density at radius 3 is 2.79 bits per heavy atom. The van der Waals surface area contributed by atoms with Gasteiger partial charge in [-0.25, -0.2) is 4.98 Å². The van der Waals surface area contributed by atoms with E-state index in [1.165, 1.54) is 0 Å². The van der Waals surface area contributed by atoms with Crippen LogP contribution >= 0.6 is 0 Å². The van der Waals surface area contributed by atoms with Crippen molar-refractivity contribution in [3.05, 3.63) is 23.9 Å². The number of nitrogens with two attached hydrogens (primary N) is 1. The van der Waals surface area contributed by atoms with Gasteiger partial charge in [0.2, 0.25) is 0 Å². The summed E-state index contributed by atoms with van der Waals surface area (Å²) in [6, 6.07) is 4.05. The molecule has 0 amide bonds. The van der Waals surface area contributed by atoms with Crippen molar-refractivity contribution in [3.8, 4) is 0 Å². The first kappa shape index (κ1) is 9.46. The molecule has 0 aromatic carbocycles. The molecule has 0 aliphatic carbocycles. The van der Waals surface area contributed by atoms with E-state index in [0.29, 0.717) is 12.0 Å². The van der Waals surface area contributed by atoms with Crippen LogP contribution in [-0.2, 0) is 6.54 Å². The third kappa shape index (κ3) is 1.73. The van der Waals surface area contributed by atoms with Crippen LogP contribution in [0.4, 0.5) is 5.82 Å². The van der Waals surface area contributed by atoms with Crippen molar-refractivity contribution in [1.82, 2.24) is 4.98 Å². The van der Waals surface area contributed by atoms with Gasteiger partial charge < -0.3 is 10.6 Å². The van der Waals surface area contributed by atoms with Crippen LogP contribution in [0.25, 0.3) is 0 Å². The standard InChI is InChI=1S/C11H17N3/c1-11(2)7-14(8-11)10-5-9(6-12)3-4-13-10/h3-5H,6-8,12H2,1-2H3. The molecule has 1 fully saturated rings. The van der Waals surface area contributed by atoms with E-state index in [4.69, 9.17) is 5.73 Å². The third-order valence-corrected chi connectivity index (χ3v) is 2.61. The maximum atomic E-state index is 5.59. The van der Waals surface area contributed by atoms with E-state index in [0.717, 1.165) is 24.5 Å². The van der Waals surface area contributed by atoms with Crippen molar-refractivity contribution in [2.24, 2.45) is 11.1 Å². The normalized spacial score (nSPS) is 19.2. The Hall–Kier alpha value is -1.09. The smallest absolute Gasteiger partial charge is 0.128 e. The zero-order valence-electron chi connectivity index (χ0n) is 8.83. The summed E-state index contributed by atoms with van der Waals surface area (Å²) in [6.45, 7) is 7.32. The Labute approximate surface area is 84.9 Å². The van der Waals surface area contributed by atoms with Gasteiger partial charge in [-0.3, -0.25) is 0 Å². The number of hydrogen-bond donors (Lipinski definition) is 1. The van der Waals surface area contributed by atoms with Crippen LogP contribution in [0.3, 0.4) is 0 Å². The van der Waals surface area contributed by atoms with E-state index in [1.807, 2.05) is 12.3 Å². The molecule has 0 spiro atoms. The summed E-state index contributed by atoms with van der Waals surface area (Å²) < 4.78 is 0. The number of nitrogens with zero attached hydrogens (tertiary/aromatic N) is 2. The lowest BCUT2D eigenvalue weighted by Crippen LogP contribution is -2.53. The molecule has 3 nitrogen and oxygen atoms in total. The molecule has 0 bridgehead atoms. The highest BCUT2D eigenvalue weighted by Gasteiger charge is 2.34. The van der Waals surface area contributed by atoms with Gasteiger partial charge in [-0.1, -0.05) is 13.8 Å². The number of pyridine rings is 1. The predicted molar refractivity (Wildman–Crippen MR) is 58.1 cm³/mol. The second-order valence-electron chi connectivity index (χ2n) is 4.75. The highest BCUT2D eigenvalue weighted by molar-refractivity contribution is 5.44. The fourth-order valence-corrected chi connectivity index (χ4v) is 1.91. The van der Waals surface area contributed by atoms with E-state index in [9.17, 15) is 0 Å². The number of aromatic nitrogens is 1. The summed E-state index contributed by atoms with van der Waals surface area (Å²) in [4.78, 5) is 6.64. The summed E-state index contributed by atoms with van der Waals surface area (Å²) >= 11 is 0. The quantitative estimate of drug-likeness (QED) is 0.768. The predicted octanol–water partition coefficient (Wildman–Crippen LogP) is 1.39. The number of hydrogen-bond acceptors (Lipinski definition) is 3. The number of rotatable bonds is 2. The van der Waals surface area contributed by atoms with Crippen LogP contribution in [0, 0.1) is 5.41 Å². The van der Waals surface area contributed by atoms with Gasteiger partial charge in [0.25, 0.3) is 0 Å². The van der Waals surface area contributed by atoms with Crippen LogP contribution in [0.2, 0.25) is 0 Å². The summed E-state index contributed by atoms with van der Waals surface area (Å²) in [6.07, 6.45) is 1.84. The topological polar surface area (TPSA) is 42.1 Å². The molecule has 3 heteroatoms. The Kier molecular flexibility index (Phi) is 2.19. The molecule has 2 rings (SSSR count). The van der Waals surface area contributed by atoms with Crippen molar-refractivity contribution in [2.75, 3.05) is 18.0 Å². The minimum absolute atomic E-state index is 0.445. The zero-order chi connectivity index (χ0) is 10.2. The van der Waals surface area contributed by atoms with Crippen molar-refractivity contribution in [2.45, 2.75) is 20.4 Å². The van der Waals surface area contributed by atoms with Gasteiger partial charge in [0.15, 0.2) is 0 Å². The van der Waals surface area contributed by atoms with Crippen molar-refractivity contribution in [1.29, 1.82) is 0 Å². The summed E-state index contributed by atoms with van der Waals surface area (Å²) in [5, 5.41) is 0. The molecule has 0 atom stereocenters. The average molecular weight is 191 g/mol. The molecule has 1 aromatic heterocycles. The molecule has 0 radical (unpaired) electrons. The Bertz CT molecular complexity index is 325. The first-order valence-electron chi connectivity index (χ1n) is 5.01. The first-order chi connectivity index (χ1) is 6.61. The zero-order valence-corrected chi connectivity index (χ0v) is 8.83. The van der Waals surface area contributed by atoms with E-state index in [-0.39, 0.29) is 0 Å². The lowest BCUT2D eigenvalue weighted by atomic mass is 9.84. The van der Waals surface area contributed by atoms with Crippen molar-refractivity contribution in [3.63, 3.8) is 0 Å². The maximum Gasteiger partial charge on any atom is 0.128 e. The molecule has 0 unspecified atom stereocenters. The molecule has 2 heterocycles. The molecule has 1 aliphatic rings. The average Bonchev–Trinajstić information content (AvgIpc) is 2.14. The second kappa shape index (κ2) is 3.24. The van der Waals surface area contributed by atoms with E-state index < -0.39 is 0 Å². The summed E-state index contributed by atoms with van der Waals surface area (Å²) in [7, 11) is 0. The lowest BCUT2D eigenvalue weighted by Gasteiger charge is -2.46. The minimum Gasteiger partial charge on any atom is -0.355 e. The monoisotopic (exact) mass is 191 g/mol. The molecule has 76 valence electrons. The van der Waals surface area contributed by atoms with Gasteiger partial charge in [-0.05, 0) is 23.1 Å². The molecular formula is C11H17N3. The van der Waals surface area contributed by atoms with Crippen molar-refractivity contribution < 1.29 is 0 Å². The van der Waals surface area contributed by atoms with Gasteiger partial charge in [-0.2, -0.15) is 0 Å². The molecule has 0 saturated carbocycles. The van der Waals surface area contributed by atoms with Crippen LogP contribution in [-0.4, -0.2) is 18.1 Å². The molecule has 14 heavy (non-hydrogen) atoms. The third-order valence-electron chi connectivity index (χ3n) is 2.61. The van der Waals surface area contributed by atoms with Crippen LogP contribution in [0.1, 0.15) is 19.4 Å². The van der Waals surface area contributed by atoms with Gasteiger partial charge >= 0.3 is 0 Å².